The number of carbonyl (C=O) groups excluding carboxylic acids is 1. The van der Waals surface area contributed by atoms with Crippen molar-refractivity contribution in [3.63, 3.8) is 0 Å². The van der Waals surface area contributed by atoms with Crippen LogP contribution in [0.15, 0.2) is 24.8 Å². The van der Waals surface area contributed by atoms with Crippen molar-refractivity contribution >= 4 is 29.3 Å². The van der Waals surface area contributed by atoms with Gasteiger partial charge in [0, 0.05) is 0 Å². The van der Waals surface area contributed by atoms with Crippen LogP contribution in [0.4, 0.5) is 4.79 Å². The smallest absolute Gasteiger partial charge is 0.407 e. The summed E-state index contributed by atoms with van der Waals surface area (Å²) in [5, 5.41) is 11.4. The minimum atomic E-state index is -0.510. The second kappa shape index (κ2) is 9.71. The van der Waals surface area contributed by atoms with Crippen LogP contribution in [0.3, 0.4) is 0 Å². The number of amides is 1. The molecule has 0 atom stereocenters. The van der Waals surface area contributed by atoms with E-state index in [4.69, 9.17) is 33.2 Å². The Kier molecular flexibility index (Phi) is 7.98. The van der Waals surface area contributed by atoms with Gasteiger partial charge in [0.2, 0.25) is 0 Å². The van der Waals surface area contributed by atoms with E-state index < -0.39 is 11.7 Å². The molecule has 0 fully saturated rings. The molecule has 0 radical (unpaired) electrons. The van der Waals surface area contributed by atoms with Crippen LogP contribution in [0.5, 0.6) is 0 Å². The highest BCUT2D eigenvalue weighted by atomic mass is 35.5. The van der Waals surface area contributed by atoms with E-state index >= 15 is 0 Å². The van der Waals surface area contributed by atoms with Gasteiger partial charge in [0.05, 0.1) is 37.0 Å². The van der Waals surface area contributed by atoms with Gasteiger partial charge in [0.1, 0.15) is 22.0 Å². The third-order valence-electron chi connectivity index (χ3n) is 2.19. The first kappa shape index (κ1) is 20.5. The predicted octanol–water partition coefficient (Wildman–Crippen LogP) is 3.16. The maximum absolute atomic E-state index is 11.3. The summed E-state index contributed by atoms with van der Waals surface area (Å²) < 4.78 is 5.06. The fourth-order valence-electron chi connectivity index (χ4n) is 1.34. The van der Waals surface area contributed by atoms with Crippen LogP contribution in [0.25, 0.3) is 0 Å². The minimum absolute atomic E-state index is 0.238. The van der Waals surface area contributed by atoms with Gasteiger partial charge in [-0.25, -0.2) is 14.8 Å². The monoisotopic (exact) mass is 382 g/mol. The summed E-state index contributed by atoms with van der Waals surface area (Å²) in [7, 11) is 0. The van der Waals surface area contributed by atoms with Crippen molar-refractivity contribution in [2.45, 2.75) is 32.9 Å². The van der Waals surface area contributed by atoms with E-state index in [9.17, 15) is 4.79 Å². The first-order valence-electron chi connectivity index (χ1n) is 7.00. The molecule has 0 unspecified atom stereocenters. The van der Waals surface area contributed by atoms with Gasteiger partial charge in [-0.3, -0.25) is 9.97 Å². The Hall–Kier alpha value is -2.50. The van der Waals surface area contributed by atoms with E-state index in [0.29, 0.717) is 10.8 Å². The van der Waals surface area contributed by atoms with Crippen LogP contribution in [0, 0.1) is 11.3 Å². The number of halogens is 2. The molecule has 0 bridgehead atoms. The van der Waals surface area contributed by atoms with Crippen molar-refractivity contribution < 1.29 is 9.53 Å². The lowest BCUT2D eigenvalue weighted by molar-refractivity contribution is 0.0523. The predicted molar refractivity (Wildman–Crippen MR) is 91.9 cm³/mol. The first-order chi connectivity index (χ1) is 11.7. The molecule has 2 heterocycles. The van der Waals surface area contributed by atoms with Gasteiger partial charge in [-0.05, 0) is 20.8 Å². The quantitative estimate of drug-likeness (QED) is 0.847. The number of nitriles is 1. The van der Waals surface area contributed by atoms with Gasteiger partial charge in [-0.2, -0.15) is 5.26 Å². The summed E-state index contributed by atoms with van der Waals surface area (Å²) in [6.07, 6.45) is 5.20. The number of hydrogen-bond donors (Lipinski definition) is 1. The Bertz CT molecular complexity index is 758. The molecule has 0 saturated heterocycles. The Morgan fingerprint density at radius 3 is 2.24 bits per heavy atom. The van der Waals surface area contributed by atoms with Crippen LogP contribution >= 0.6 is 23.2 Å². The maximum Gasteiger partial charge on any atom is 0.407 e. The average molecular weight is 383 g/mol. The number of hydrogen-bond acceptors (Lipinski definition) is 7. The highest BCUT2D eigenvalue weighted by molar-refractivity contribution is 6.29. The molecule has 2 aromatic rings. The molecule has 8 nitrogen and oxygen atoms in total. The van der Waals surface area contributed by atoms with Gasteiger partial charge in [-0.15, -0.1) is 0 Å². The number of ether oxygens (including phenoxy) is 1. The maximum atomic E-state index is 11.3. The minimum Gasteiger partial charge on any atom is -0.444 e. The van der Waals surface area contributed by atoms with Crippen molar-refractivity contribution in [1.29, 1.82) is 5.26 Å². The molecular formula is C15H16Cl2N6O2. The third kappa shape index (κ3) is 9.39. The molecule has 0 spiro atoms. The zero-order valence-corrected chi connectivity index (χ0v) is 15.3. The zero-order chi connectivity index (χ0) is 18.9. The number of carbonyl (C=O) groups is 1. The summed E-state index contributed by atoms with van der Waals surface area (Å²) in [6, 6.07) is 1.81. The van der Waals surface area contributed by atoms with Crippen molar-refractivity contribution in [2.24, 2.45) is 0 Å². The van der Waals surface area contributed by atoms with Gasteiger partial charge in [0.25, 0.3) is 0 Å². The van der Waals surface area contributed by atoms with E-state index in [1.165, 1.54) is 24.8 Å². The third-order valence-corrected chi connectivity index (χ3v) is 2.55. The highest BCUT2D eigenvalue weighted by Crippen LogP contribution is 2.07. The lowest BCUT2D eigenvalue weighted by atomic mass is 10.2. The number of nitrogens with one attached hydrogen (secondary N) is 1. The molecular weight excluding hydrogens is 367 g/mol. The van der Waals surface area contributed by atoms with Gasteiger partial charge in [0.15, 0.2) is 5.69 Å². The second-order valence-electron chi connectivity index (χ2n) is 5.53. The van der Waals surface area contributed by atoms with Gasteiger partial charge < -0.3 is 10.1 Å². The van der Waals surface area contributed by atoms with Crippen LogP contribution < -0.4 is 5.32 Å². The largest absolute Gasteiger partial charge is 0.444 e. The van der Waals surface area contributed by atoms with Crippen molar-refractivity contribution in [2.75, 3.05) is 0 Å². The lowest BCUT2D eigenvalue weighted by Gasteiger charge is -2.19. The fraction of sp³-hybridized carbons (Fsp3) is 0.333. The molecule has 2 aromatic heterocycles. The number of rotatable bonds is 2. The van der Waals surface area contributed by atoms with Gasteiger partial charge >= 0.3 is 6.09 Å². The molecule has 10 heteroatoms. The molecule has 0 aliphatic rings. The first-order valence-corrected chi connectivity index (χ1v) is 7.76. The Morgan fingerprint density at radius 2 is 1.76 bits per heavy atom. The van der Waals surface area contributed by atoms with Crippen molar-refractivity contribution in [3.8, 4) is 6.07 Å². The Morgan fingerprint density at radius 1 is 1.16 bits per heavy atom. The molecule has 25 heavy (non-hydrogen) atoms. The SMILES string of the molecule is CC(C)(C)OC(=O)NCc1cncc(Cl)n1.N#Cc1cncc(Cl)n1. The van der Waals surface area contributed by atoms with E-state index in [-0.39, 0.29) is 17.4 Å². The molecule has 1 N–H and O–H groups in total. The van der Waals surface area contributed by atoms with Crippen LogP contribution in [0.2, 0.25) is 10.3 Å². The van der Waals surface area contributed by atoms with E-state index in [0.717, 1.165) is 0 Å². The topological polar surface area (TPSA) is 114 Å². The van der Waals surface area contributed by atoms with Crippen molar-refractivity contribution in [3.05, 3.63) is 46.5 Å². The normalized spacial score (nSPS) is 10.1. The summed E-state index contributed by atoms with van der Waals surface area (Å²) in [5.74, 6) is 0. The van der Waals surface area contributed by atoms with E-state index in [1.807, 2.05) is 6.07 Å². The molecule has 0 aliphatic carbocycles. The van der Waals surface area contributed by atoms with Crippen LogP contribution in [0.1, 0.15) is 32.2 Å². The van der Waals surface area contributed by atoms with Crippen LogP contribution in [-0.2, 0) is 11.3 Å². The number of nitrogens with zero attached hydrogens (tertiary/aromatic N) is 5. The lowest BCUT2D eigenvalue weighted by Crippen LogP contribution is -2.32. The molecule has 0 aromatic carbocycles. The van der Waals surface area contributed by atoms with E-state index in [1.54, 1.807) is 20.8 Å². The molecule has 0 saturated carbocycles. The summed E-state index contributed by atoms with van der Waals surface area (Å²) in [6.45, 7) is 5.63. The summed E-state index contributed by atoms with van der Waals surface area (Å²) in [4.78, 5) is 26.4. The summed E-state index contributed by atoms with van der Waals surface area (Å²) >= 11 is 11.0. The zero-order valence-electron chi connectivity index (χ0n) is 13.8. The molecule has 132 valence electrons. The highest BCUT2D eigenvalue weighted by Gasteiger charge is 2.15. The molecule has 1 amide bonds. The Labute approximate surface area is 155 Å². The van der Waals surface area contributed by atoms with Gasteiger partial charge in [-0.1, -0.05) is 23.2 Å². The second-order valence-corrected chi connectivity index (χ2v) is 6.30. The Balaban J connectivity index is 0.000000293. The molecule has 0 aliphatic heterocycles. The fourth-order valence-corrected chi connectivity index (χ4v) is 1.65. The average Bonchev–Trinajstić information content (AvgIpc) is 2.52. The summed E-state index contributed by atoms with van der Waals surface area (Å²) in [5.41, 5.74) is 0.310. The number of alkyl carbamates (subject to hydrolysis) is 1. The van der Waals surface area contributed by atoms with E-state index in [2.05, 4.69) is 25.3 Å². The van der Waals surface area contributed by atoms with Crippen molar-refractivity contribution in [1.82, 2.24) is 25.3 Å². The van der Waals surface area contributed by atoms with Crippen LogP contribution in [-0.4, -0.2) is 31.6 Å². The standard InChI is InChI=1S/C10H14ClN3O2.C5H2ClN3/c1-10(2,3)16-9(15)13-5-7-4-12-6-8(11)14-7;6-5-3-8-2-4(1-7)9-5/h4,6H,5H2,1-3H3,(H,13,15);2-3H. The molecule has 2 rings (SSSR count). The number of aromatic nitrogens is 4.